The van der Waals surface area contributed by atoms with E-state index in [9.17, 15) is 0 Å². The molecule has 0 atom stereocenters. The summed E-state index contributed by atoms with van der Waals surface area (Å²) in [6, 6.07) is 81.2. The zero-order valence-corrected chi connectivity index (χ0v) is 33.9. The van der Waals surface area contributed by atoms with E-state index in [0.29, 0.717) is 0 Å². The smallest absolute Gasteiger partial charge is 0.143 e. The van der Waals surface area contributed by atoms with Crippen LogP contribution in [0.1, 0.15) is 0 Å². The molecule has 61 heavy (non-hydrogen) atoms. The van der Waals surface area contributed by atoms with Crippen LogP contribution in [0.15, 0.2) is 229 Å². The molecule has 0 fully saturated rings. The summed E-state index contributed by atoms with van der Waals surface area (Å²) in [6.07, 6.45) is 0. The summed E-state index contributed by atoms with van der Waals surface area (Å²) in [5.41, 5.74) is 14.4. The number of anilines is 3. The normalized spacial score (nSPS) is 11.6. The summed E-state index contributed by atoms with van der Waals surface area (Å²) < 4.78 is 9.07. The second-order valence-electron chi connectivity index (χ2n) is 15.7. The van der Waals surface area contributed by atoms with Crippen molar-refractivity contribution in [3.05, 3.63) is 224 Å². The van der Waals surface area contributed by atoms with E-state index in [-0.39, 0.29) is 0 Å². The van der Waals surface area contributed by atoms with Gasteiger partial charge in [0.2, 0.25) is 0 Å². The largest absolute Gasteiger partial charge is 0.455 e. The van der Waals surface area contributed by atoms with Gasteiger partial charge in [-0.2, -0.15) is 0 Å². The SMILES string of the molecule is c1cc(-c2cccc(N(c3ccc(-c4cccc5c4oc4ccccc45)cc3)c3ccccc3-c3cccc4c3sc3ccccc34)c2)cc(-c2ccc3ccccc3c2)c1. The Balaban J connectivity index is 1.01. The van der Waals surface area contributed by atoms with Gasteiger partial charge in [-0.25, -0.2) is 0 Å². The van der Waals surface area contributed by atoms with E-state index in [0.717, 1.165) is 55.7 Å². The van der Waals surface area contributed by atoms with Gasteiger partial charge in [0.05, 0.1) is 5.69 Å². The number of rotatable bonds is 7. The first-order valence-electron chi connectivity index (χ1n) is 20.7. The summed E-state index contributed by atoms with van der Waals surface area (Å²) >= 11 is 1.87. The number of hydrogen-bond acceptors (Lipinski definition) is 3. The fourth-order valence-electron chi connectivity index (χ4n) is 9.12. The molecule has 0 aliphatic heterocycles. The summed E-state index contributed by atoms with van der Waals surface area (Å²) in [7, 11) is 0. The lowest BCUT2D eigenvalue weighted by Gasteiger charge is -2.28. The topological polar surface area (TPSA) is 16.4 Å². The molecule has 0 aliphatic carbocycles. The van der Waals surface area contributed by atoms with Gasteiger partial charge >= 0.3 is 0 Å². The van der Waals surface area contributed by atoms with Crippen LogP contribution in [0.25, 0.3) is 97.4 Å². The van der Waals surface area contributed by atoms with Gasteiger partial charge in [0, 0.05) is 59.0 Å². The molecule has 0 radical (unpaired) electrons. The Labute approximate surface area is 357 Å². The van der Waals surface area contributed by atoms with Crippen LogP contribution >= 0.6 is 11.3 Å². The molecular weight excluding hydrogens is 759 g/mol. The van der Waals surface area contributed by atoms with Crippen molar-refractivity contribution in [2.75, 3.05) is 4.90 Å². The van der Waals surface area contributed by atoms with E-state index < -0.39 is 0 Å². The molecule has 2 nitrogen and oxygen atoms in total. The maximum Gasteiger partial charge on any atom is 0.143 e. The molecule has 0 saturated carbocycles. The van der Waals surface area contributed by atoms with Crippen molar-refractivity contribution in [2.24, 2.45) is 0 Å². The molecule has 0 unspecified atom stereocenters. The highest BCUT2D eigenvalue weighted by Gasteiger charge is 2.21. The quantitative estimate of drug-likeness (QED) is 0.160. The van der Waals surface area contributed by atoms with E-state index in [1.54, 1.807) is 0 Å². The Kier molecular flexibility index (Phi) is 8.39. The number of hydrogen-bond donors (Lipinski definition) is 0. The minimum Gasteiger partial charge on any atom is -0.455 e. The Morgan fingerprint density at radius 3 is 1.82 bits per heavy atom. The Morgan fingerprint density at radius 2 is 0.951 bits per heavy atom. The van der Waals surface area contributed by atoms with Crippen LogP contribution in [0.5, 0.6) is 0 Å². The third-order valence-corrected chi connectivity index (χ3v) is 13.3. The Morgan fingerprint density at radius 1 is 0.344 bits per heavy atom. The number of benzene rings is 10. The van der Waals surface area contributed by atoms with Gasteiger partial charge in [-0.3, -0.25) is 0 Å². The van der Waals surface area contributed by atoms with Crippen molar-refractivity contribution in [2.45, 2.75) is 0 Å². The lowest BCUT2D eigenvalue weighted by atomic mass is 9.96. The van der Waals surface area contributed by atoms with Crippen molar-refractivity contribution in [3.8, 4) is 44.5 Å². The molecule has 10 aromatic carbocycles. The first-order valence-corrected chi connectivity index (χ1v) is 21.6. The van der Waals surface area contributed by atoms with Gasteiger partial charge in [-0.05, 0) is 93.2 Å². The summed E-state index contributed by atoms with van der Waals surface area (Å²) in [5, 5.41) is 7.34. The number of furan rings is 1. The van der Waals surface area contributed by atoms with Crippen LogP contribution in [-0.4, -0.2) is 0 Å². The fraction of sp³-hybridized carbons (Fsp3) is 0. The van der Waals surface area contributed by atoms with Crippen LogP contribution in [0, 0.1) is 0 Å². The van der Waals surface area contributed by atoms with Crippen LogP contribution in [-0.2, 0) is 0 Å². The molecule has 0 bridgehead atoms. The van der Waals surface area contributed by atoms with Crippen LogP contribution in [0.2, 0.25) is 0 Å². The molecule has 0 saturated heterocycles. The lowest BCUT2D eigenvalue weighted by Crippen LogP contribution is -2.11. The zero-order valence-electron chi connectivity index (χ0n) is 33.1. The van der Waals surface area contributed by atoms with Crippen LogP contribution in [0.4, 0.5) is 17.1 Å². The van der Waals surface area contributed by atoms with Gasteiger partial charge in [-0.1, -0.05) is 170 Å². The van der Waals surface area contributed by atoms with Crippen molar-refractivity contribution < 1.29 is 4.42 Å². The number of nitrogens with zero attached hydrogens (tertiary/aromatic N) is 1. The number of thiophene rings is 1. The summed E-state index contributed by atoms with van der Waals surface area (Å²) in [5.74, 6) is 0. The summed E-state index contributed by atoms with van der Waals surface area (Å²) in [6.45, 7) is 0. The number of fused-ring (bicyclic) bond motifs is 7. The molecule has 3 heteroatoms. The third kappa shape index (κ3) is 6.09. The van der Waals surface area contributed by atoms with Crippen LogP contribution in [0.3, 0.4) is 0 Å². The average Bonchev–Trinajstić information content (AvgIpc) is 3.91. The standard InChI is InChI=1S/C58H37NOS/c1-2-14-40-35-44(30-29-38(40)13-1)42-16-9-15-41(36-42)43-17-10-18-46(37-43)59(45-33-31-39(32-34-45)47-22-11-23-51-49-20-4-7-27-55(49)60-57(47)51)54-26-6-3-19-48(54)52-24-12-25-53-50-21-5-8-28-56(50)61-58(52)53/h1-37H. The predicted octanol–water partition coefficient (Wildman–Crippen LogP) is 17.2. The van der Waals surface area contributed by atoms with Crippen molar-refractivity contribution in [1.29, 1.82) is 0 Å². The second kappa shape index (κ2) is 14.5. The highest BCUT2D eigenvalue weighted by atomic mass is 32.1. The highest BCUT2D eigenvalue weighted by Crippen LogP contribution is 2.47. The molecule has 2 aromatic heterocycles. The third-order valence-electron chi connectivity index (χ3n) is 12.1. The molecule has 12 aromatic rings. The first kappa shape index (κ1) is 35.2. The van der Waals surface area contributed by atoms with Gasteiger partial charge in [0.15, 0.2) is 0 Å². The van der Waals surface area contributed by atoms with E-state index in [1.165, 1.54) is 58.8 Å². The second-order valence-corrected chi connectivity index (χ2v) is 16.7. The van der Waals surface area contributed by atoms with Crippen molar-refractivity contribution >= 4 is 81.3 Å². The van der Waals surface area contributed by atoms with E-state index in [4.69, 9.17) is 4.42 Å². The minimum atomic E-state index is 0.903. The maximum absolute atomic E-state index is 6.48. The maximum atomic E-state index is 6.48. The van der Waals surface area contributed by atoms with Crippen LogP contribution < -0.4 is 4.90 Å². The molecular formula is C58H37NOS. The zero-order chi connectivity index (χ0) is 40.3. The molecule has 0 spiro atoms. The van der Waals surface area contributed by atoms with E-state index in [1.807, 2.05) is 23.5 Å². The number of para-hydroxylation sites is 3. The lowest BCUT2D eigenvalue weighted by molar-refractivity contribution is 0.670. The van der Waals surface area contributed by atoms with Gasteiger partial charge < -0.3 is 9.32 Å². The average molecular weight is 796 g/mol. The Hall–Kier alpha value is -7.72. The van der Waals surface area contributed by atoms with Gasteiger partial charge in [0.25, 0.3) is 0 Å². The van der Waals surface area contributed by atoms with Crippen molar-refractivity contribution in [1.82, 2.24) is 0 Å². The molecule has 12 rings (SSSR count). The Bertz CT molecular complexity index is 3610. The first-order chi connectivity index (χ1) is 30.2. The molecule has 0 N–H and O–H groups in total. The molecule has 0 amide bonds. The highest BCUT2D eigenvalue weighted by molar-refractivity contribution is 7.26. The van der Waals surface area contributed by atoms with E-state index in [2.05, 4.69) is 217 Å². The fourth-order valence-corrected chi connectivity index (χ4v) is 10.3. The van der Waals surface area contributed by atoms with Gasteiger partial charge in [-0.15, -0.1) is 11.3 Å². The molecule has 2 heterocycles. The predicted molar refractivity (Wildman–Crippen MR) is 261 cm³/mol. The molecule has 0 aliphatic rings. The van der Waals surface area contributed by atoms with Gasteiger partial charge in [0.1, 0.15) is 11.2 Å². The monoisotopic (exact) mass is 795 g/mol. The molecule has 286 valence electrons. The minimum absolute atomic E-state index is 0.903. The van der Waals surface area contributed by atoms with E-state index >= 15 is 0 Å². The van der Waals surface area contributed by atoms with Crippen molar-refractivity contribution in [3.63, 3.8) is 0 Å². The summed E-state index contributed by atoms with van der Waals surface area (Å²) in [4.78, 5) is 2.42.